The lowest BCUT2D eigenvalue weighted by Crippen LogP contribution is -2.38. The summed E-state index contributed by atoms with van der Waals surface area (Å²) in [4.78, 5) is 3.75. The van der Waals surface area contributed by atoms with Crippen molar-refractivity contribution in [1.29, 1.82) is 0 Å². The summed E-state index contributed by atoms with van der Waals surface area (Å²) in [6, 6.07) is -0.0420. The van der Waals surface area contributed by atoms with Crippen LogP contribution in [0.15, 0.2) is 4.99 Å². The van der Waals surface area contributed by atoms with Crippen LogP contribution in [0.4, 0.5) is 0 Å². The van der Waals surface area contributed by atoms with Crippen molar-refractivity contribution >= 4 is 5.96 Å². The second-order valence-corrected chi connectivity index (χ2v) is 1.97. The van der Waals surface area contributed by atoms with E-state index >= 15 is 0 Å². The van der Waals surface area contributed by atoms with Gasteiger partial charge in [-0.15, -0.1) is 0 Å². The molecule has 1 aliphatic rings. The SMILES string of the molecule is CC1CN=C(NO)N1O. The van der Waals surface area contributed by atoms with E-state index in [1.165, 1.54) is 0 Å². The molecule has 0 aromatic carbocycles. The van der Waals surface area contributed by atoms with Crippen LogP contribution in [0.25, 0.3) is 0 Å². The van der Waals surface area contributed by atoms with Crippen LogP contribution in [-0.2, 0) is 0 Å². The van der Waals surface area contributed by atoms with E-state index in [-0.39, 0.29) is 12.0 Å². The summed E-state index contributed by atoms with van der Waals surface area (Å²) in [5.41, 5.74) is 1.77. The number of nitrogens with zero attached hydrogens (tertiary/aromatic N) is 2. The van der Waals surface area contributed by atoms with Crippen LogP contribution >= 0.6 is 0 Å². The van der Waals surface area contributed by atoms with Gasteiger partial charge in [0.15, 0.2) is 0 Å². The molecule has 0 aliphatic carbocycles. The Morgan fingerprint density at radius 2 is 2.56 bits per heavy atom. The maximum Gasteiger partial charge on any atom is 0.242 e. The van der Waals surface area contributed by atoms with Gasteiger partial charge >= 0.3 is 0 Å². The molecule has 0 aromatic heterocycles. The van der Waals surface area contributed by atoms with Crippen LogP contribution in [0.1, 0.15) is 6.92 Å². The van der Waals surface area contributed by atoms with Crippen molar-refractivity contribution in [2.24, 2.45) is 4.99 Å². The molecule has 5 nitrogen and oxygen atoms in total. The summed E-state index contributed by atoms with van der Waals surface area (Å²) >= 11 is 0. The zero-order valence-electron chi connectivity index (χ0n) is 5.07. The minimum atomic E-state index is -0.0420. The first-order valence-electron chi connectivity index (χ1n) is 2.68. The van der Waals surface area contributed by atoms with Gasteiger partial charge in [-0.2, -0.15) is 0 Å². The van der Waals surface area contributed by atoms with E-state index in [0.717, 1.165) is 5.06 Å². The third kappa shape index (κ3) is 0.962. The molecule has 0 aromatic rings. The van der Waals surface area contributed by atoms with E-state index in [0.29, 0.717) is 6.54 Å². The number of hydrogen-bond acceptors (Lipinski definition) is 5. The molecule has 0 saturated carbocycles. The fourth-order valence-corrected chi connectivity index (χ4v) is 0.664. The largest absolute Gasteiger partial charge is 0.288 e. The first-order valence-corrected chi connectivity index (χ1v) is 2.68. The second kappa shape index (κ2) is 2.20. The van der Waals surface area contributed by atoms with E-state index in [1.807, 2.05) is 0 Å². The maximum atomic E-state index is 8.94. The van der Waals surface area contributed by atoms with Crippen molar-refractivity contribution in [2.75, 3.05) is 6.54 Å². The van der Waals surface area contributed by atoms with E-state index < -0.39 is 0 Å². The highest BCUT2D eigenvalue weighted by Gasteiger charge is 2.21. The first kappa shape index (κ1) is 6.31. The lowest BCUT2D eigenvalue weighted by molar-refractivity contribution is -0.0456. The summed E-state index contributed by atoms with van der Waals surface area (Å²) in [5.74, 6) is 0.113. The van der Waals surface area contributed by atoms with Crippen molar-refractivity contribution in [1.82, 2.24) is 10.5 Å². The molecule has 3 N–H and O–H groups in total. The fourth-order valence-electron chi connectivity index (χ4n) is 0.664. The van der Waals surface area contributed by atoms with Gasteiger partial charge in [0.05, 0.1) is 12.6 Å². The number of rotatable bonds is 0. The molecular weight excluding hydrogens is 122 g/mol. The zero-order valence-corrected chi connectivity index (χ0v) is 5.07. The number of guanidine groups is 1. The van der Waals surface area contributed by atoms with Gasteiger partial charge in [-0.25, -0.2) is 15.5 Å². The molecule has 0 bridgehead atoms. The van der Waals surface area contributed by atoms with Crippen molar-refractivity contribution < 1.29 is 10.4 Å². The zero-order chi connectivity index (χ0) is 6.85. The highest BCUT2D eigenvalue weighted by Crippen LogP contribution is 2.03. The number of nitrogens with one attached hydrogen (secondary N) is 1. The average molecular weight is 131 g/mol. The van der Waals surface area contributed by atoms with Crippen LogP contribution in [0.3, 0.4) is 0 Å². The predicted molar refractivity (Wildman–Crippen MR) is 30.3 cm³/mol. The van der Waals surface area contributed by atoms with E-state index in [1.54, 1.807) is 12.4 Å². The summed E-state index contributed by atoms with van der Waals surface area (Å²) in [7, 11) is 0. The average Bonchev–Trinajstić information content (AvgIpc) is 2.15. The third-order valence-corrected chi connectivity index (χ3v) is 1.24. The van der Waals surface area contributed by atoms with Gasteiger partial charge in [0.25, 0.3) is 0 Å². The highest BCUT2D eigenvalue weighted by atomic mass is 16.5. The molecule has 0 radical (unpaired) electrons. The molecule has 1 unspecified atom stereocenters. The second-order valence-electron chi connectivity index (χ2n) is 1.97. The maximum absolute atomic E-state index is 8.94. The van der Waals surface area contributed by atoms with Crippen LogP contribution in [-0.4, -0.2) is 34.0 Å². The molecule has 0 saturated heterocycles. The Bertz CT molecular complexity index is 136. The summed E-state index contributed by atoms with van der Waals surface area (Å²) < 4.78 is 0. The van der Waals surface area contributed by atoms with E-state index in [2.05, 4.69) is 4.99 Å². The summed E-state index contributed by atoms with van der Waals surface area (Å²) in [5, 5.41) is 18.1. The third-order valence-electron chi connectivity index (χ3n) is 1.24. The minimum Gasteiger partial charge on any atom is -0.288 e. The fraction of sp³-hybridized carbons (Fsp3) is 0.750. The molecule has 1 atom stereocenters. The van der Waals surface area contributed by atoms with E-state index in [4.69, 9.17) is 10.4 Å². The molecule has 0 spiro atoms. The van der Waals surface area contributed by atoms with Crippen molar-refractivity contribution in [3.63, 3.8) is 0 Å². The smallest absolute Gasteiger partial charge is 0.242 e. The molecule has 1 heterocycles. The monoisotopic (exact) mass is 131 g/mol. The van der Waals surface area contributed by atoms with Crippen molar-refractivity contribution in [3.05, 3.63) is 0 Å². The summed E-state index contributed by atoms with van der Waals surface area (Å²) in [6.07, 6.45) is 0. The van der Waals surface area contributed by atoms with Gasteiger partial charge in [0.2, 0.25) is 5.96 Å². The Morgan fingerprint density at radius 1 is 1.89 bits per heavy atom. The van der Waals surface area contributed by atoms with Gasteiger partial charge < -0.3 is 0 Å². The lowest BCUT2D eigenvalue weighted by Gasteiger charge is -2.14. The number of hydroxylamine groups is 3. The number of hydrogen-bond donors (Lipinski definition) is 3. The minimum absolute atomic E-state index is 0.0420. The van der Waals surface area contributed by atoms with Crippen LogP contribution in [0.5, 0.6) is 0 Å². The quantitative estimate of drug-likeness (QED) is 0.384. The van der Waals surface area contributed by atoms with Crippen LogP contribution in [0.2, 0.25) is 0 Å². The topological polar surface area (TPSA) is 68.1 Å². The molecule has 52 valence electrons. The Morgan fingerprint density at radius 3 is 2.78 bits per heavy atom. The normalized spacial score (nSPS) is 26.3. The standard InChI is InChI=1S/C4H9N3O2/c1-3-2-5-4(6-8)7(3)9/h3,8-9H,2H2,1H3,(H,5,6). The molecule has 9 heavy (non-hydrogen) atoms. The first-order chi connectivity index (χ1) is 4.25. The molecule has 1 aliphatic heterocycles. The van der Waals surface area contributed by atoms with Crippen LogP contribution < -0.4 is 5.48 Å². The molecule has 0 fully saturated rings. The Kier molecular flexibility index (Phi) is 1.54. The lowest BCUT2D eigenvalue weighted by atomic mass is 10.4. The predicted octanol–water partition coefficient (Wildman–Crippen LogP) is -0.586. The highest BCUT2D eigenvalue weighted by molar-refractivity contribution is 5.79. The molecule has 5 heteroatoms. The molecule has 1 rings (SSSR count). The Labute approximate surface area is 52.5 Å². The van der Waals surface area contributed by atoms with Crippen molar-refractivity contribution in [3.8, 4) is 0 Å². The van der Waals surface area contributed by atoms with Gasteiger partial charge in [-0.1, -0.05) is 0 Å². The van der Waals surface area contributed by atoms with Gasteiger partial charge in [-0.3, -0.25) is 10.4 Å². The van der Waals surface area contributed by atoms with Gasteiger partial charge in [-0.05, 0) is 6.92 Å². The molecular formula is C4H9N3O2. The van der Waals surface area contributed by atoms with Gasteiger partial charge in [0, 0.05) is 0 Å². The Hall–Kier alpha value is -0.810. The van der Waals surface area contributed by atoms with Crippen molar-refractivity contribution in [2.45, 2.75) is 13.0 Å². The van der Waals surface area contributed by atoms with Gasteiger partial charge in [0.1, 0.15) is 0 Å². The Balaban J connectivity index is 2.55. The summed E-state index contributed by atoms with van der Waals surface area (Å²) in [6.45, 7) is 2.31. The molecule has 0 amide bonds. The number of aliphatic imine (C=N–C) groups is 1. The van der Waals surface area contributed by atoms with Crippen LogP contribution in [0, 0.1) is 0 Å². The van der Waals surface area contributed by atoms with E-state index in [9.17, 15) is 0 Å².